The predicted octanol–water partition coefficient (Wildman–Crippen LogP) is 2.45. The Balaban J connectivity index is 1.82. The molecular weight excluding hydrogens is 230 g/mol. The van der Waals surface area contributed by atoms with Crippen LogP contribution in [0.2, 0.25) is 0 Å². The van der Waals surface area contributed by atoms with E-state index in [-0.39, 0.29) is 12.1 Å². The summed E-state index contributed by atoms with van der Waals surface area (Å²) >= 11 is 0. The topological polar surface area (TPSA) is 47.6 Å². The van der Waals surface area contributed by atoms with Gasteiger partial charge in [0.25, 0.3) is 0 Å². The van der Waals surface area contributed by atoms with Crippen molar-refractivity contribution in [2.45, 2.75) is 25.4 Å². The molecule has 98 valence electrons. The molecule has 4 heteroatoms. The van der Waals surface area contributed by atoms with Gasteiger partial charge in [-0.15, -0.1) is 0 Å². The van der Waals surface area contributed by atoms with Crippen LogP contribution in [0.25, 0.3) is 0 Å². The summed E-state index contributed by atoms with van der Waals surface area (Å²) in [5, 5.41) is 3.00. The smallest absolute Gasteiger partial charge is 0.338 e. The summed E-state index contributed by atoms with van der Waals surface area (Å²) < 4.78 is 10.8. The molecule has 4 nitrogen and oxygen atoms in total. The first-order valence-corrected chi connectivity index (χ1v) is 6.36. The number of anilines is 1. The zero-order chi connectivity index (χ0) is 12.8. The Morgan fingerprint density at radius 2 is 2.17 bits per heavy atom. The lowest BCUT2D eigenvalue weighted by molar-refractivity contribution is -0.0300. The van der Waals surface area contributed by atoms with Crippen molar-refractivity contribution in [2.75, 3.05) is 25.6 Å². The van der Waals surface area contributed by atoms with Crippen LogP contribution in [0.1, 0.15) is 29.6 Å². The molecule has 1 saturated heterocycles. The lowest BCUT2D eigenvalue weighted by atomic mass is 10.1. The Kier molecular flexibility index (Phi) is 4.59. The minimum atomic E-state index is -0.285. The first-order chi connectivity index (χ1) is 8.79. The van der Waals surface area contributed by atoms with Crippen molar-refractivity contribution in [2.24, 2.45) is 0 Å². The van der Waals surface area contributed by atoms with Gasteiger partial charge >= 0.3 is 5.97 Å². The summed E-state index contributed by atoms with van der Waals surface area (Å²) in [5.74, 6) is -0.285. The standard InChI is InChI=1S/C14H19NO3/c1-15-12-7-5-11(6-8-12)14(16)18-10-13-4-2-3-9-17-13/h5-8,13,15H,2-4,9-10H2,1H3. The van der Waals surface area contributed by atoms with Crippen LogP contribution < -0.4 is 5.32 Å². The number of esters is 1. The number of ether oxygens (including phenoxy) is 2. The van der Waals surface area contributed by atoms with E-state index < -0.39 is 0 Å². The van der Waals surface area contributed by atoms with Crippen LogP contribution >= 0.6 is 0 Å². The molecule has 0 radical (unpaired) electrons. The average molecular weight is 249 g/mol. The lowest BCUT2D eigenvalue weighted by Crippen LogP contribution is -2.25. The Labute approximate surface area is 107 Å². The first kappa shape index (κ1) is 12.9. The largest absolute Gasteiger partial charge is 0.459 e. The number of carbonyl (C=O) groups excluding carboxylic acids is 1. The summed E-state index contributed by atoms with van der Waals surface area (Å²) in [4.78, 5) is 11.8. The molecule has 0 aromatic heterocycles. The van der Waals surface area contributed by atoms with E-state index in [0.717, 1.165) is 31.6 Å². The second-order valence-corrected chi connectivity index (χ2v) is 4.41. The van der Waals surface area contributed by atoms with Crippen LogP contribution in [0, 0.1) is 0 Å². The summed E-state index contributed by atoms with van der Waals surface area (Å²) in [6.45, 7) is 1.13. The molecular formula is C14H19NO3. The molecule has 0 bridgehead atoms. The number of hydrogen-bond donors (Lipinski definition) is 1. The van der Waals surface area contributed by atoms with Gasteiger partial charge in [0, 0.05) is 19.3 Å². The number of benzene rings is 1. The number of nitrogens with one attached hydrogen (secondary N) is 1. The number of hydrogen-bond acceptors (Lipinski definition) is 4. The average Bonchev–Trinajstić information content (AvgIpc) is 2.46. The van der Waals surface area contributed by atoms with Gasteiger partial charge in [-0.2, -0.15) is 0 Å². The Morgan fingerprint density at radius 1 is 1.39 bits per heavy atom. The van der Waals surface area contributed by atoms with Crippen molar-refractivity contribution in [3.8, 4) is 0 Å². The Bertz CT molecular complexity index is 383. The van der Waals surface area contributed by atoms with E-state index in [2.05, 4.69) is 5.32 Å². The van der Waals surface area contributed by atoms with Crippen molar-refractivity contribution >= 4 is 11.7 Å². The van der Waals surface area contributed by atoms with E-state index >= 15 is 0 Å². The highest BCUT2D eigenvalue weighted by Crippen LogP contribution is 2.14. The molecule has 0 amide bonds. The highest BCUT2D eigenvalue weighted by Gasteiger charge is 2.16. The summed E-state index contributed by atoms with van der Waals surface area (Å²) in [5.41, 5.74) is 1.55. The highest BCUT2D eigenvalue weighted by atomic mass is 16.6. The van der Waals surface area contributed by atoms with Crippen molar-refractivity contribution in [1.82, 2.24) is 0 Å². The van der Waals surface area contributed by atoms with Gasteiger partial charge < -0.3 is 14.8 Å². The summed E-state index contributed by atoms with van der Waals surface area (Å²) in [6.07, 6.45) is 3.31. The van der Waals surface area contributed by atoms with E-state index in [9.17, 15) is 4.79 Å². The third-order valence-corrected chi connectivity index (χ3v) is 3.08. The number of rotatable bonds is 4. The van der Waals surface area contributed by atoms with Crippen molar-refractivity contribution < 1.29 is 14.3 Å². The maximum absolute atomic E-state index is 11.8. The van der Waals surface area contributed by atoms with Gasteiger partial charge in [-0.05, 0) is 43.5 Å². The maximum Gasteiger partial charge on any atom is 0.338 e. The Morgan fingerprint density at radius 3 is 2.78 bits per heavy atom. The molecule has 0 aliphatic carbocycles. The van der Waals surface area contributed by atoms with Gasteiger partial charge in [0.05, 0.1) is 11.7 Å². The molecule has 1 atom stereocenters. The van der Waals surface area contributed by atoms with E-state index in [0.29, 0.717) is 12.2 Å². The van der Waals surface area contributed by atoms with Crippen molar-refractivity contribution in [1.29, 1.82) is 0 Å². The molecule has 1 unspecified atom stereocenters. The molecule has 0 spiro atoms. The predicted molar refractivity (Wildman–Crippen MR) is 69.9 cm³/mol. The van der Waals surface area contributed by atoms with Crippen LogP contribution in [0.3, 0.4) is 0 Å². The summed E-state index contributed by atoms with van der Waals surface area (Å²) in [6, 6.07) is 7.23. The molecule has 1 N–H and O–H groups in total. The molecule has 0 saturated carbocycles. The van der Waals surface area contributed by atoms with Gasteiger partial charge in [0.1, 0.15) is 6.61 Å². The van der Waals surface area contributed by atoms with E-state index in [1.165, 1.54) is 0 Å². The Hall–Kier alpha value is -1.55. The van der Waals surface area contributed by atoms with Crippen LogP contribution in [0.5, 0.6) is 0 Å². The molecule has 1 aliphatic heterocycles. The third kappa shape index (κ3) is 3.47. The van der Waals surface area contributed by atoms with Crippen molar-refractivity contribution in [3.05, 3.63) is 29.8 Å². The fourth-order valence-corrected chi connectivity index (χ4v) is 1.96. The van der Waals surface area contributed by atoms with Gasteiger partial charge in [-0.3, -0.25) is 0 Å². The fourth-order valence-electron chi connectivity index (χ4n) is 1.96. The third-order valence-electron chi connectivity index (χ3n) is 3.08. The fraction of sp³-hybridized carbons (Fsp3) is 0.500. The van der Waals surface area contributed by atoms with Gasteiger partial charge in [-0.25, -0.2) is 4.79 Å². The van der Waals surface area contributed by atoms with Crippen LogP contribution in [-0.2, 0) is 9.47 Å². The molecule has 18 heavy (non-hydrogen) atoms. The first-order valence-electron chi connectivity index (χ1n) is 6.36. The van der Waals surface area contributed by atoms with E-state index in [1.807, 2.05) is 19.2 Å². The van der Waals surface area contributed by atoms with Gasteiger partial charge in [0.15, 0.2) is 0 Å². The maximum atomic E-state index is 11.8. The molecule has 1 fully saturated rings. The monoisotopic (exact) mass is 249 g/mol. The second kappa shape index (κ2) is 6.40. The zero-order valence-electron chi connectivity index (χ0n) is 10.6. The van der Waals surface area contributed by atoms with Crippen LogP contribution in [-0.4, -0.2) is 32.3 Å². The number of carbonyl (C=O) groups is 1. The van der Waals surface area contributed by atoms with Gasteiger partial charge in [-0.1, -0.05) is 0 Å². The minimum Gasteiger partial charge on any atom is -0.459 e. The highest BCUT2D eigenvalue weighted by molar-refractivity contribution is 5.89. The normalized spacial score (nSPS) is 19.3. The van der Waals surface area contributed by atoms with Crippen molar-refractivity contribution in [3.63, 3.8) is 0 Å². The van der Waals surface area contributed by atoms with Crippen LogP contribution in [0.4, 0.5) is 5.69 Å². The molecule has 2 rings (SSSR count). The SMILES string of the molecule is CNc1ccc(C(=O)OCC2CCCCO2)cc1. The second-order valence-electron chi connectivity index (χ2n) is 4.41. The minimum absolute atomic E-state index is 0.0688. The van der Waals surface area contributed by atoms with Gasteiger partial charge in [0.2, 0.25) is 0 Å². The van der Waals surface area contributed by atoms with Crippen LogP contribution in [0.15, 0.2) is 24.3 Å². The van der Waals surface area contributed by atoms with E-state index in [1.54, 1.807) is 12.1 Å². The molecule has 1 heterocycles. The summed E-state index contributed by atoms with van der Waals surface area (Å²) in [7, 11) is 1.84. The zero-order valence-corrected chi connectivity index (χ0v) is 10.6. The van der Waals surface area contributed by atoms with E-state index in [4.69, 9.17) is 9.47 Å². The molecule has 1 aromatic carbocycles. The molecule has 1 aromatic rings. The molecule has 1 aliphatic rings. The lowest BCUT2D eigenvalue weighted by Gasteiger charge is -2.22. The quantitative estimate of drug-likeness (QED) is 0.833.